The lowest BCUT2D eigenvalue weighted by atomic mass is 10.1. The maximum Gasteiger partial charge on any atom is 0.153 e. The van der Waals surface area contributed by atoms with Gasteiger partial charge < -0.3 is 10.2 Å². The number of phenols is 1. The molecule has 0 saturated carbocycles. The minimum absolute atomic E-state index is 0.0216. The molecule has 0 heterocycles. The molecule has 0 spiro atoms. The molecule has 0 aliphatic rings. The van der Waals surface area contributed by atoms with Crippen LogP contribution in [0.15, 0.2) is 18.2 Å². The highest BCUT2D eigenvalue weighted by Gasteiger charge is 2.00. The van der Waals surface area contributed by atoms with Gasteiger partial charge in [-0.15, -0.1) is 0 Å². The van der Waals surface area contributed by atoms with E-state index in [9.17, 15) is 4.79 Å². The Hall–Kier alpha value is -1.35. The van der Waals surface area contributed by atoms with Gasteiger partial charge >= 0.3 is 0 Å². The molecule has 0 aliphatic heterocycles. The fourth-order valence-corrected chi connectivity index (χ4v) is 0.983. The molecule has 1 aromatic rings. The van der Waals surface area contributed by atoms with Crippen molar-refractivity contribution in [3.63, 3.8) is 0 Å². The second kappa shape index (κ2) is 3.88. The van der Waals surface area contributed by atoms with E-state index in [4.69, 9.17) is 10.2 Å². The molecule has 0 amide bonds. The Morgan fingerprint density at radius 2 is 2.17 bits per heavy atom. The summed E-state index contributed by atoms with van der Waals surface area (Å²) in [6, 6.07) is 4.70. The van der Waals surface area contributed by atoms with E-state index >= 15 is 0 Å². The third-order valence-corrected chi connectivity index (χ3v) is 1.62. The highest BCUT2D eigenvalue weighted by atomic mass is 16.3. The molecule has 0 bridgehead atoms. The second-order valence-corrected chi connectivity index (χ2v) is 2.48. The molecule has 0 radical (unpaired) electrons. The van der Waals surface area contributed by atoms with E-state index in [2.05, 4.69) is 0 Å². The Bertz CT molecular complexity index is 281. The quantitative estimate of drug-likeness (QED) is 0.651. The zero-order chi connectivity index (χ0) is 8.97. The van der Waals surface area contributed by atoms with E-state index in [1.54, 1.807) is 12.1 Å². The standard InChI is InChI=1S/C9H10O3/c10-4-3-7-1-2-9(12)8(5-7)6-11/h1-2,5-6,10,12H,3-4H2. The van der Waals surface area contributed by atoms with E-state index in [-0.39, 0.29) is 17.9 Å². The molecule has 1 aromatic carbocycles. The Labute approximate surface area is 70.3 Å². The van der Waals surface area contributed by atoms with Gasteiger partial charge in [-0.3, -0.25) is 4.79 Å². The highest BCUT2D eigenvalue weighted by molar-refractivity contribution is 5.79. The van der Waals surface area contributed by atoms with Crippen LogP contribution in [0.3, 0.4) is 0 Å². The third kappa shape index (κ3) is 1.83. The maximum atomic E-state index is 10.4. The van der Waals surface area contributed by atoms with Crippen LogP contribution in [0.1, 0.15) is 15.9 Å². The lowest BCUT2D eigenvalue weighted by Gasteiger charge is -2.00. The van der Waals surface area contributed by atoms with Crippen molar-refractivity contribution in [1.29, 1.82) is 0 Å². The summed E-state index contributed by atoms with van der Waals surface area (Å²) < 4.78 is 0. The molecule has 64 valence electrons. The van der Waals surface area contributed by atoms with E-state index in [0.29, 0.717) is 12.7 Å². The number of aromatic hydroxyl groups is 1. The number of aliphatic hydroxyl groups excluding tert-OH is 1. The molecule has 0 aliphatic carbocycles. The van der Waals surface area contributed by atoms with Gasteiger partial charge in [-0.25, -0.2) is 0 Å². The van der Waals surface area contributed by atoms with Gasteiger partial charge in [0.15, 0.2) is 6.29 Å². The molecule has 12 heavy (non-hydrogen) atoms. The number of aliphatic hydroxyl groups is 1. The van der Waals surface area contributed by atoms with E-state index in [1.807, 2.05) is 0 Å². The van der Waals surface area contributed by atoms with E-state index < -0.39 is 0 Å². The molecule has 3 nitrogen and oxygen atoms in total. The summed E-state index contributed by atoms with van der Waals surface area (Å²) in [5.41, 5.74) is 1.11. The van der Waals surface area contributed by atoms with Crippen LogP contribution in [0.2, 0.25) is 0 Å². The van der Waals surface area contributed by atoms with Crippen LogP contribution in [-0.2, 0) is 6.42 Å². The fourth-order valence-electron chi connectivity index (χ4n) is 0.983. The highest BCUT2D eigenvalue weighted by Crippen LogP contribution is 2.16. The van der Waals surface area contributed by atoms with Gasteiger partial charge in [0.1, 0.15) is 5.75 Å². The van der Waals surface area contributed by atoms with Crippen LogP contribution in [0.25, 0.3) is 0 Å². The van der Waals surface area contributed by atoms with Crippen LogP contribution in [-0.4, -0.2) is 23.1 Å². The molecule has 2 N–H and O–H groups in total. The van der Waals surface area contributed by atoms with Gasteiger partial charge in [0, 0.05) is 6.61 Å². The van der Waals surface area contributed by atoms with Crippen molar-refractivity contribution in [1.82, 2.24) is 0 Å². The second-order valence-electron chi connectivity index (χ2n) is 2.48. The number of benzene rings is 1. The first kappa shape index (κ1) is 8.74. The number of aldehydes is 1. The lowest BCUT2D eigenvalue weighted by molar-refractivity contribution is 0.112. The van der Waals surface area contributed by atoms with Crippen LogP contribution in [0, 0.1) is 0 Å². The van der Waals surface area contributed by atoms with Gasteiger partial charge in [-0.1, -0.05) is 6.07 Å². The molecule has 0 unspecified atom stereocenters. The van der Waals surface area contributed by atoms with Gasteiger partial charge in [-0.2, -0.15) is 0 Å². The van der Waals surface area contributed by atoms with Crippen molar-refractivity contribution in [3.8, 4) is 5.75 Å². The van der Waals surface area contributed by atoms with Gasteiger partial charge in [0.2, 0.25) is 0 Å². The summed E-state index contributed by atoms with van der Waals surface area (Å²) >= 11 is 0. The van der Waals surface area contributed by atoms with Crippen molar-refractivity contribution in [2.45, 2.75) is 6.42 Å². The smallest absolute Gasteiger partial charge is 0.153 e. The molecular weight excluding hydrogens is 156 g/mol. The Balaban J connectivity index is 2.96. The first-order valence-electron chi connectivity index (χ1n) is 3.66. The number of rotatable bonds is 3. The molecule has 3 heteroatoms. The molecule has 0 fully saturated rings. The largest absolute Gasteiger partial charge is 0.507 e. The molecular formula is C9H10O3. The average molecular weight is 166 g/mol. The summed E-state index contributed by atoms with van der Waals surface area (Å²) in [4.78, 5) is 10.4. The monoisotopic (exact) mass is 166 g/mol. The van der Waals surface area contributed by atoms with Crippen molar-refractivity contribution in [3.05, 3.63) is 29.3 Å². The number of phenolic OH excluding ortho intramolecular Hbond substituents is 1. The first-order valence-corrected chi connectivity index (χ1v) is 3.66. The van der Waals surface area contributed by atoms with Crippen molar-refractivity contribution < 1.29 is 15.0 Å². The molecule has 0 aromatic heterocycles. The number of carbonyl (C=O) groups excluding carboxylic acids is 1. The van der Waals surface area contributed by atoms with Crippen LogP contribution < -0.4 is 0 Å². The normalized spacial score (nSPS) is 9.75. The first-order chi connectivity index (χ1) is 5.77. The number of hydrogen-bond acceptors (Lipinski definition) is 3. The summed E-state index contributed by atoms with van der Waals surface area (Å²) in [7, 11) is 0. The SMILES string of the molecule is O=Cc1cc(CCO)ccc1O. The topological polar surface area (TPSA) is 57.5 Å². The Morgan fingerprint density at radius 3 is 2.75 bits per heavy atom. The summed E-state index contributed by atoms with van der Waals surface area (Å²) in [5, 5.41) is 17.7. The van der Waals surface area contributed by atoms with Crippen LogP contribution >= 0.6 is 0 Å². The van der Waals surface area contributed by atoms with E-state index in [0.717, 1.165) is 5.56 Å². The maximum absolute atomic E-state index is 10.4. The molecule has 0 atom stereocenters. The average Bonchev–Trinajstić information content (AvgIpc) is 2.09. The molecule has 0 saturated heterocycles. The van der Waals surface area contributed by atoms with Gasteiger partial charge in [0.05, 0.1) is 5.56 Å². The lowest BCUT2D eigenvalue weighted by Crippen LogP contribution is -1.92. The predicted octanol–water partition coefficient (Wildman–Crippen LogP) is 0.740. The number of carbonyl (C=O) groups is 1. The van der Waals surface area contributed by atoms with Crippen molar-refractivity contribution in [2.24, 2.45) is 0 Å². The van der Waals surface area contributed by atoms with Gasteiger partial charge in [-0.05, 0) is 24.1 Å². The summed E-state index contributed by atoms with van der Waals surface area (Å²) in [6.45, 7) is 0.0447. The number of hydrogen-bond donors (Lipinski definition) is 2. The Kier molecular flexibility index (Phi) is 2.82. The summed E-state index contributed by atoms with van der Waals surface area (Å²) in [6.07, 6.45) is 1.09. The Morgan fingerprint density at radius 1 is 1.42 bits per heavy atom. The van der Waals surface area contributed by atoms with E-state index in [1.165, 1.54) is 6.07 Å². The zero-order valence-electron chi connectivity index (χ0n) is 6.53. The van der Waals surface area contributed by atoms with Gasteiger partial charge in [0.25, 0.3) is 0 Å². The minimum atomic E-state index is -0.0216. The predicted molar refractivity (Wildman–Crippen MR) is 44.3 cm³/mol. The fraction of sp³-hybridized carbons (Fsp3) is 0.222. The third-order valence-electron chi connectivity index (χ3n) is 1.62. The van der Waals surface area contributed by atoms with Crippen molar-refractivity contribution in [2.75, 3.05) is 6.61 Å². The zero-order valence-corrected chi connectivity index (χ0v) is 6.53. The van der Waals surface area contributed by atoms with Crippen LogP contribution in [0.5, 0.6) is 5.75 Å². The van der Waals surface area contributed by atoms with Crippen molar-refractivity contribution >= 4 is 6.29 Å². The minimum Gasteiger partial charge on any atom is -0.507 e. The van der Waals surface area contributed by atoms with Crippen LogP contribution in [0.4, 0.5) is 0 Å². The summed E-state index contributed by atoms with van der Waals surface area (Å²) in [5.74, 6) is -0.0216. The molecule has 1 rings (SSSR count).